The van der Waals surface area contributed by atoms with E-state index in [1.54, 1.807) is 0 Å². The molecule has 2 atom stereocenters. The van der Waals surface area contributed by atoms with E-state index < -0.39 is 12.1 Å². The van der Waals surface area contributed by atoms with Gasteiger partial charge in [0.2, 0.25) is 0 Å². The standard InChI is InChI=1S/C22H48N6O2/c1-3-16-20(28(26)22(24)30)18-15-13-11-9-7-5-4-6-8-10-12-14-17-19(2)27(25)21(23)29/h19-20H,3-18,25-26H2,1-2H3,(H2,23,29)(H2,24,30). The average molecular weight is 429 g/mol. The molecular formula is C22H48N6O2. The largest absolute Gasteiger partial charge is 0.350 e. The molecule has 0 aromatic carbocycles. The maximum Gasteiger partial charge on any atom is 0.329 e. The van der Waals surface area contributed by atoms with E-state index in [1.807, 2.05) is 6.92 Å². The number of amides is 4. The van der Waals surface area contributed by atoms with Crippen molar-refractivity contribution in [1.29, 1.82) is 0 Å². The average Bonchev–Trinajstić information content (AvgIpc) is 2.71. The first-order valence-electron chi connectivity index (χ1n) is 12.0. The molecule has 30 heavy (non-hydrogen) atoms. The summed E-state index contributed by atoms with van der Waals surface area (Å²) >= 11 is 0. The third-order valence-corrected chi connectivity index (χ3v) is 5.91. The van der Waals surface area contributed by atoms with E-state index in [1.165, 1.54) is 69.2 Å². The van der Waals surface area contributed by atoms with Crippen LogP contribution >= 0.6 is 0 Å². The molecule has 0 heterocycles. The first-order valence-corrected chi connectivity index (χ1v) is 12.0. The predicted molar refractivity (Wildman–Crippen MR) is 124 cm³/mol. The molecule has 178 valence electrons. The maximum absolute atomic E-state index is 11.2. The molecule has 0 bridgehead atoms. The van der Waals surface area contributed by atoms with Gasteiger partial charge in [-0.25, -0.2) is 21.3 Å². The van der Waals surface area contributed by atoms with Crippen molar-refractivity contribution in [2.24, 2.45) is 23.2 Å². The second-order valence-corrected chi connectivity index (χ2v) is 8.60. The van der Waals surface area contributed by atoms with Crippen molar-refractivity contribution >= 4 is 12.1 Å². The number of hydrogen-bond acceptors (Lipinski definition) is 4. The number of nitrogens with two attached hydrogens (primary N) is 4. The highest BCUT2D eigenvalue weighted by molar-refractivity contribution is 5.71. The van der Waals surface area contributed by atoms with Crippen molar-refractivity contribution in [3.63, 3.8) is 0 Å². The minimum absolute atomic E-state index is 0.0115. The number of carbonyl (C=O) groups excluding carboxylic acids is 2. The molecule has 0 aliphatic heterocycles. The molecule has 0 aliphatic carbocycles. The fourth-order valence-corrected chi connectivity index (χ4v) is 3.88. The number of nitrogens with zero attached hydrogens (tertiary/aromatic N) is 2. The fraction of sp³-hybridized carbons (Fsp3) is 0.909. The molecule has 0 spiro atoms. The van der Waals surface area contributed by atoms with E-state index in [9.17, 15) is 9.59 Å². The Labute approximate surface area is 184 Å². The van der Waals surface area contributed by atoms with E-state index in [0.29, 0.717) is 0 Å². The van der Waals surface area contributed by atoms with Gasteiger partial charge in [0, 0.05) is 12.1 Å². The molecule has 4 amide bonds. The first kappa shape index (κ1) is 28.5. The Morgan fingerprint density at radius 1 is 0.633 bits per heavy atom. The molecule has 0 saturated heterocycles. The van der Waals surface area contributed by atoms with Gasteiger partial charge in [0.15, 0.2) is 0 Å². The van der Waals surface area contributed by atoms with E-state index >= 15 is 0 Å². The van der Waals surface area contributed by atoms with Crippen LogP contribution < -0.4 is 23.2 Å². The highest BCUT2D eigenvalue weighted by Gasteiger charge is 2.17. The van der Waals surface area contributed by atoms with Crippen LogP contribution in [-0.2, 0) is 0 Å². The summed E-state index contributed by atoms with van der Waals surface area (Å²) in [6.45, 7) is 4.03. The number of hydrazine groups is 2. The summed E-state index contributed by atoms with van der Waals surface area (Å²) in [5.74, 6) is 11.4. The van der Waals surface area contributed by atoms with Gasteiger partial charge < -0.3 is 11.5 Å². The minimum atomic E-state index is -0.562. The number of primary amides is 2. The van der Waals surface area contributed by atoms with Gasteiger partial charge in [-0.15, -0.1) is 0 Å². The van der Waals surface area contributed by atoms with Crippen LogP contribution in [0.1, 0.15) is 117 Å². The van der Waals surface area contributed by atoms with Crippen molar-refractivity contribution in [2.75, 3.05) is 0 Å². The van der Waals surface area contributed by atoms with Crippen molar-refractivity contribution in [2.45, 2.75) is 129 Å². The molecule has 0 rings (SSSR count). The molecule has 8 N–H and O–H groups in total. The molecule has 0 aromatic heterocycles. The van der Waals surface area contributed by atoms with Gasteiger partial charge in [0.1, 0.15) is 0 Å². The van der Waals surface area contributed by atoms with Crippen molar-refractivity contribution in [1.82, 2.24) is 10.0 Å². The van der Waals surface area contributed by atoms with Crippen molar-refractivity contribution in [3.8, 4) is 0 Å². The Morgan fingerprint density at radius 3 is 1.37 bits per heavy atom. The van der Waals surface area contributed by atoms with Crippen LogP contribution in [0.15, 0.2) is 0 Å². The van der Waals surface area contributed by atoms with Crippen LogP contribution in [0.25, 0.3) is 0 Å². The van der Waals surface area contributed by atoms with E-state index in [4.69, 9.17) is 23.2 Å². The van der Waals surface area contributed by atoms with Gasteiger partial charge in [0.05, 0.1) is 0 Å². The van der Waals surface area contributed by atoms with Gasteiger partial charge in [-0.3, -0.25) is 10.0 Å². The van der Waals surface area contributed by atoms with Crippen LogP contribution in [-0.4, -0.2) is 34.2 Å². The summed E-state index contributed by atoms with van der Waals surface area (Å²) in [6, 6.07) is -1.01. The Kier molecular flexibility index (Phi) is 17.3. The lowest BCUT2D eigenvalue weighted by Gasteiger charge is -2.25. The molecular weight excluding hydrogens is 380 g/mol. The normalized spacial score (nSPS) is 13.1. The zero-order chi connectivity index (χ0) is 22.8. The fourth-order valence-electron chi connectivity index (χ4n) is 3.88. The Hall–Kier alpha value is -1.54. The molecule has 0 saturated carbocycles. The quantitative estimate of drug-likeness (QED) is 0.104. The van der Waals surface area contributed by atoms with Crippen LogP contribution in [0.2, 0.25) is 0 Å². The van der Waals surface area contributed by atoms with E-state index in [-0.39, 0.29) is 12.1 Å². The second kappa shape index (κ2) is 18.2. The third kappa shape index (κ3) is 14.4. The number of unbranched alkanes of at least 4 members (excludes halogenated alkanes) is 11. The molecule has 0 radical (unpaired) electrons. The molecule has 8 heteroatoms. The summed E-state index contributed by atoms with van der Waals surface area (Å²) in [6.07, 6.45) is 18.6. The predicted octanol–water partition coefficient (Wildman–Crippen LogP) is 4.51. The SMILES string of the molecule is CCCC(CCCCCCCCCCCCCCC(C)N(N)C(N)=O)N(N)C(N)=O. The van der Waals surface area contributed by atoms with Crippen LogP contribution in [0, 0.1) is 0 Å². The topological polar surface area (TPSA) is 145 Å². The summed E-state index contributed by atoms with van der Waals surface area (Å²) in [7, 11) is 0. The summed E-state index contributed by atoms with van der Waals surface area (Å²) in [4.78, 5) is 22.2. The van der Waals surface area contributed by atoms with Crippen molar-refractivity contribution < 1.29 is 9.59 Å². The first-order chi connectivity index (χ1) is 14.3. The van der Waals surface area contributed by atoms with Gasteiger partial charge in [-0.1, -0.05) is 90.4 Å². The molecule has 2 unspecified atom stereocenters. The second-order valence-electron chi connectivity index (χ2n) is 8.60. The van der Waals surface area contributed by atoms with E-state index in [2.05, 4.69) is 6.92 Å². The highest BCUT2D eigenvalue weighted by Crippen LogP contribution is 2.16. The number of rotatable bonds is 19. The van der Waals surface area contributed by atoms with Gasteiger partial charge in [-0.05, 0) is 26.2 Å². The Bertz CT molecular complexity index is 449. The molecule has 0 fully saturated rings. The third-order valence-electron chi connectivity index (χ3n) is 5.91. The number of carbonyl (C=O) groups is 2. The summed E-state index contributed by atoms with van der Waals surface area (Å²) in [5, 5.41) is 2.33. The maximum atomic E-state index is 11.2. The van der Waals surface area contributed by atoms with Gasteiger partial charge in [0.25, 0.3) is 0 Å². The lowest BCUT2D eigenvalue weighted by atomic mass is 10.0. The van der Waals surface area contributed by atoms with Crippen molar-refractivity contribution in [3.05, 3.63) is 0 Å². The molecule has 0 aromatic rings. The Balaban J connectivity index is 3.46. The summed E-state index contributed by atoms with van der Waals surface area (Å²) < 4.78 is 0. The summed E-state index contributed by atoms with van der Waals surface area (Å²) in [5.41, 5.74) is 10.4. The van der Waals surface area contributed by atoms with E-state index in [0.717, 1.165) is 43.5 Å². The van der Waals surface area contributed by atoms with Crippen LogP contribution in [0.4, 0.5) is 9.59 Å². The smallest absolute Gasteiger partial charge is 0.329 e. The Morgan fingerprint density at radius 2 is 1.00 bits per heavy atom. The number of hydrogen-bond donors (Lipinski definition) is 4. The monoisotopic (exact) mass is 428 g/mol. The van der Waals surface area contributed by atoms with Crippen LogP contribution in [0.3, 0.4) is 0 Å². The zero-order valence-electron chi connectivity index (χ0n) is 19.5. The van der Waals surface area contributed by atoms with Gasteiger partial charge >= 0.3 is 12.1 Å². The minimum Gasteiger partial charge on any atom is -0.350 e. The zero-order valence-corrected chi connectivity index (χ0v) is 19.5. The lowest BCUT2D eigenvalue weighted by molar-refractivity contribution is 0.174. The number of urea groups is 2. The lowest BCUT2D eigenvalue weighted by Crippen LogP contribution is -2.48. The molecule has 0 aliphatic rings. The highest BCUT2D eigenvalue weighted by atomic mass is 16.2. The van der Waals surface area contributed by atoms with Crippen LogP contribution in [0.5, 0.6) is 0 Å². The molecule has 8 nitrogen and oxygen atoms in total. The van der Waals surface area contributed by atoms with Gasteiger partial charge in [-0.2, -0.15) is 0 Å².